The maximum absolute atomic E-state index is 11.1. The van der Waals surface area contributed by atoms with Gasteiger partial charge < -0.3 is 21.5 Å². The van der Waals surface area contributed by atoms with Crippen LogP contribution in [0.15, 0.2) is 0 Å². The summed E-state index contributed by atoms with van der Waals surface area (Å²) in [5.41, 5.74) is 3.81. The van der Waals surface area contributed by atoms with E-state index in [4.69, 9.17) is 9.90 Å². The lowest BCUT2D eigenvalue weighted by atomic mass is 10.0. The number of alkyl halides is 3. The number of carbonyl (C=O) groups is 3. The third-order valence-corrected chi connectivity index (χ3v) is 4.86. The fraction of sp³-hybridized carbons (Fsp3) is 0.750. The molecule has 11 heteroatoms. The highest BCUT2D eigenvalue weighted by atomic mass is 32.2. The van der Waals surface area contributed by atoms with Crippen LogP contribution < -0.4 is 16.4 Å². The van der Waals surface area contributed by atoms with E-state index in [0.717, 1.165) is 25.0 Å². The van der Waals surface area contributed by atoms with Crippen molar-refractivity contribution in [3.63, 3.8) is 0 Å². The Labute approximate surface area is 134 Å². The smallest absolute Gasteiger partial charge is 0.470 e. The van der Waals surface area contributed by atoms with E-state index in [0.29, 0.717) is 5.25 Å². The fourth-order valence-electron chi connectivity index (χ4n) is 2.26. The average molecular weight is 357 g/mol. The Morgan fingerprint density at radius 2 is 1.91 bits per heavy atom. The first-order valence-electron chi connectivity index (χ1n) is 6.88. The molecule has 3 atom stereocenters. The van der Waals surface area contributed by atoms with Crippen LogP contribution in [0.4, 0.5) is 18.0 Å². The molecule has 0 bridgehead atoms. The van der Waals surface area contributed by atoms with Crippen molar-refractivity contribution in [2.75, 3.05) is 5.75 Å². The van der Waals surface area contributed by atoms with Crippen LogP contribution in [0.3, 0.4) is 0 Å². The zero-order valence-corrected chi connectivity index (χ0v) is 12.9. The second-order valence-electron chi connectivity index (χ2n) is 5.12. The van der Waals surface area contributed by atoms with Gasteiger partial charge >= 0.3 is 24.1 Å². The SMILES string of the molecule is NC(=O)C(F)(F)F.O=C(O)CCCC[C@@H]1SC[C@@H]2NC(=O)N[C@@H]21. The third-order valence-electron chi connectivity index (χ3n) is 3.35. The van der Waals surface area contributed by atoms with Gasteiger partial charge in [0.25, 0.3) is 0 Å². The lowest BCUT2D eigenvalue weighted by Gasteiger charge is -2.16. The number of primary amides is 1. The number of halogens is 3. The molecule has 0 spiro atoms. The first-order chi connectivity index (χ1) is 10.6. The molecular formula is C12H18F3N3O4S. The van der Waals surface area contributed by atoms with Crippen LogP contribution in [0.5, 0.6) is 0 Å². The number of fused-ring (bicyclic) bond motifs is 1. The number of carboxylic acid groups (broad SMARTS) is 1. The van der Waals surface area contributed by atoms with Crippen LogP contribution in [0, 0.1) is 0 Å². The number of unbranched alkanes of at least 4 members (excludes halogenated alkanes) is 1. The van der Waals surface area contributed by atoms with E-state index >= 15 is 0 Å². The summed E-state index contributed by atoms with van der Waals surface area (Å²) >= 11 is 1.87. The molecule has 2 saturated heterocycles. The number of hydrogen-bond acceptors (Lipinski definition) is 4. The number of amides is 3. The minimum absolute atomic E-state index is 0.0640. The van der Waals surface area contributed by atoms with Crippen LogP contribution in [0.1, 0.15) is 25.7 Å². The van der Waals surface area contributed by atoms with Gasteiger partial charge in [0.15, 0.2) is 0 Å². The molecule has 2 heterocycles. The first-order valence-corrected chi connectivity index (χ1v) is 7.93. The van der Waals surface area contributed by atoms with Gasteiger partial charge in [0.2, 0.25) is 0 Å². The zero-order valence-electron chi connectivity index (χ0n) is 12.1. The lowest BCUT2D eigenvalue weighted by molar-refractivity contribution is -0.169. The molecule has 3 amide bonds. The van der Waals surface area contributed by atoms with Crippen LogP contribution in [-0.4, -0.2) is 52.3 Å². The molecule has 0 aromatic heterocycles. The second kappa shape index (κ2) is 8.27. The number of nitrogens with two attached hydrogens (primary N) is 1. The van der Waals surface area contributed by atoms with Crippen LogP contribution in [-0.2, 0) is 9.59 Å². The number of carbonyl (C=O) groups excluding carboxylic acids is 2. The molecule has 0 aliphatic carbocycles. The summed E-state index contributed by atoms with van der Waals surface area (Å²) in [7, 11) is 0. The number of nitrogens with one attached hydrogen (secondary N) is 2. The Balaban J connectivity index is 0.000000322. The molecule has 2 aliphatic rings. The second-order valence-corrected chi connectivity index (χ2v) is 6.40. The van der Waals surface area contributed by atoms with Crippen molar-refractivity contribution in [3.05, 3.63) is 0 Å². The molecule has 0 saturated carbocycles. The molecule has 2 fully saturated rings. The van der Waals surface area contributed by atoms with E-state index in [2.05, 4.69) is 16.4 Å². The molecule has 0 aromatic carbocycles. The molecule has 7 nitrogen and oxygen atoms in total. The minimum atomic E-state index is -4.86. The van der Waals surface area contributed by atoms with E-state index in [1.165, 1.54) is 0 Å². The number of thioether (sulfide) groups is 1. The highest BCUT2D eigenvalue weighted by Gasteiger charge is 2.42. The molecule has 5 N–H and O–H groups in total. The largest absolute Gasteiger partial charge is 0.481 e. The van der Waals surface area contributed by atoms with Gasteiger partial charge in [0, 0.05) is 17.4 Å². The Morgan fingerprint density at radius 3 is 2.43 bits per heavy atom. The molecule has 0 radical (unpaired) electrons. The van der Waals surface area contributed by atoms with Gasteiger partial charge in [0.1, 0.15) is 0 Å². The van der Waals surface area contributed by atoms with Crippen molar-refractivity contribution in [1.29, 1.82) is 0 Å². The number of carboxylic acids is 1. The zero-order chi connectivity index (χ0) is 17.6. The highest BCUT2D eigenvalue weighted by Crippen LogP contribution is 2.33. The lowest BCUT2D eigenvalue weighted by Crippen LogP contribution is -2.36. The van der Waals surface area contributed by atoms with E-state index in [1.807, 2.05) is 11.8 Å². The normalized spacial score (nSPS) is 25.7. The summed E-state index contributed by atoms with van der Waals surface area (Å²) < 4.78 is 32.1. The molecule has 0 aromatic rings. The minimum Gasteiger partial charge on any atom is -0.481 e. The Bertz CT molecular complexity index is 461. The van der Waals surface area contributed by atoms with Gasteiger partial charge in [-0.15, -0.1) is 0 Å². The predicted octanol–water partition coefficient (Wildman–Crippen LogP) is 0.831. The summed E-state index contributed by atoms with van der Waals surface area (Å²) in [5, 5.41) is 14.8. The highest BCUT2D eigenvalue weighted by molar-refractivity contribution is 8.00. The first kappa shape index (κ1) is 19.4. The van der Waals surface area contributed by atoms with Crippen LogP contribution in [0.2, 0.25) is 0 Å². The molecule has 23 heavy (non-hydrogen) atoms. The van der Waals surface area contributed by atoms with Crippen molar-refractivity contribution in [3.8, 4) is 0 Å². The molecule has 132 valence electrons. The summed E-state index contributed by atoms with van der Waals surface area (Å²) in [6.07, 6.45) is -1.98. The maximum atomic E-state index is 11.1. The number of rotatable bonds is 5. The summed E-state index contributed by atoms with van der Waals surface area (Å²) in [4.78, 5) is 30.6. The molecular weight excluding hydrogens is 339 g/mol. The number of hydrogen-bond donors (Lipinski definition) is 4. The topological polar surface area (TPSA) is 122 Å². The molecule has 2 aliphatic heterocycles. The standard InChI is InChI=1S/C10H16N2O3S.C2H2F3NO/c13-8(14)4-2-1-3-7-9-6(5-16-7)11-10(15)12-9;3-2(4,5)1(6)7/h6-7,9H,1-5H2,(H,13,14)(H2,11,12,15);(H2,6,7)/t6-,7-,9-;/m0./s1. The van der Waals surface area contributed by atoms with Gasteiger partial charge in [-0.1, -0.05) is 6.42 Å². The van der Waals surface area contributed by atoms with E-state index in [9.17, 15) is 22.8 Å². The van der Waals surface area contributed by atoms with Crippen molar-refractivity contribution < 1.29 is 32.7 Å². The monoisotopic (exact) mass is 357 g/mol. The average Bonchev–Trinajstić information content (AvgIpc) is 2.94. The van der Waals surface area contributed by atoms with Gasteiger partial charge in [-0.25, -0.2) is 4.79 Å². The van der Waals surface area contributed by atoms with Gasteiger partial charge in [0.05, 0.1) is 12.1 Å². The summed E-state index contributed by atoms with van der Waals surface area (Å²) in [6.45, 7) is 0. The maximum Gasteiger partial charge on any atom is 0.470 e. The third kappa shape index (κ3) is 6.55. The van der Waals surface area contributed by atoms with Gasteiger partial charge in [-0.3, -0.25) is 9.59 Å². The van der Waals surface area contributed by atoms with Crippen molar-refractivity contribution >= 4 is 29.7 Å². The van der Waals surface area contributed by atoms with Crippen LogP contribution >= 0.6 is 11.8 Å². The summed E-state index contributed by atoms with van der Waals surface area (Å²) in [6, 6.07) is 0.440. The number of aliphatic carboxylic acids is 1. The van der Waals surface area contributed by atoms with E-state index < -0.39 is 18.1 Å². The van der Waals surface area contributed by atoms with E-state index in [1.54, 1.807) is 0 Å². The van der Waals surface area contributed by atoms with E-state index in [-0.39, 0.29) is 24.5 Å². The molecule has 2 rings (SSSR count). The fourth-order valence-corrected chi connectivity index (χ4v) is 3.81. The van der Waals surface area contributed by atoms with Crippen molar-refractivity contribution in [2.45, 2.75) is 49.2 Å². The predicted molar refractivity (Wildman–Crippen MR) is 76.8 cm³/mol. The van der Waals surface area contributed by atoms with Gasteiger partial charge in [-0.05, 0) is 12.8 Å². The molecule has 0 unspecified atom stereocenters. The van der Waals surface area contributed by atoms with Gasteiger partial charge in [-0.2, -0.15) is 24.9 Å². The quantitative estimate of drug-likeness (QED) is 0.429. The number of urea groups is 1. The van der Waals surface area contributed by atoms with Crippen LogP contribution in [0.25, 0.3) is 0 Å². The Hall–Kier alpha value is -1.65. The Kier molecular flexibility index (Phi) is 6.98. The summed E-state index contributed by atoms with van der Waals surface area (Å²) in [5.74, 6) is -2.02. The van der Waals surface area contributed by atoms with Crippen molar-refractivity contribution in [2.24, 2.45) is 5.73 Å². The Morgan fingerprint density at radius 1 is 1.30 bits per heavy atom. The van der Waals surface area contributed by atoms with Crippen molar-refractivity contribution in [1.82, 2.24) is 10.6 Å².